The summed E-state index contributed by atoms with van der Waals surface area (Å²) in [7, 11) is 0. The van der Waals surface area contributed by atoms with Crippen molar-refractivity contribution < 1.29 is 13.9 Å². The molecule has 22 heavy (non-hydrogen) atoms. The second-order valence-corrected chi connectivity index (χ2v) is 4.83. The van der Waals surface area contributed by atoms with Crippen molar-refractivity contribution in [3.8, 4) is 23.1 Å². The van der Waals surface area contributed by atoms with Gasteiger partial charge in [-0.15, -0.1) is 10.2 Å². The number of nitrogens with one attached hydrogen (secondary N) is 1. The van der Waals surface area contributed by atoms with Crippen LogP contribution in [0.15, 0.2) is 28.7 Å². The first-order valence-electron chi connectivity index (χ1n) is 6.71. The van der Waals surface area contributed by atoms with E-state index in [1.807, 2.05) is 37.3 Å². The zero-order valence-corrected chi connectivity index (χ0v) is 11.7. The molecule has 0 spiro atoms. The molecular formula is C15H12N4O3. The number of benzene rings is 1. The van der Waals surface area contributed by atoms with Crippen LogP contribution in [0.2, 0.25) is 0 Å². The molecule has 1 N–H and O–H groups in total. The largest absolute Gasteiger partial charge is 0.454 e. The van der Waals surface area contributed by atoms with Gasteiger partial charge in [0.1, 0.15) is 5.69 Å². The maximum Gasteiger partial charge on any atom is 0.268 e. The Bertz CT molecular complexity index is 850. The summed E-state index contributed by atoms with van der Waals surface area (Å²) in [6, 6.07) is 7.54. The van der Waals surface area contributed by atoms with Crippen LogP contribution in [0.1, 0.15) is 17.1 Å². The second kappa shape index (κ2) is 5.03. The number of aromatic amines is 1. The van der Waals surface area contributed by atoms with Crippen LogP contribution in [-0.4, -0.2) is 27.2 Å². The number of ether oxygens (including phenoxy) is 2. The van der Waals surface area contributed by atoms with Crippen molar-refractivity contribution in [2.24, 2.45) is 0 Å². The van der Waals surface area contributed by atoms with Gasteiger partial charge in [-0.05, 0) is 36.8 Å². The summed E-state index contributed by atoms with van der Waals surface area (Å²) in [5.74, 6) is 2.29. The van der Waals surface area contributed by atoms with Crippen LogP contribution < -0.4 is 9.47 Å². The van der Waals surface area contributed by atoms with Gasteiger partial charge in [-0.1, -0.05) is 6.07 Å². The van der Waals surface area contributed by atoms with E-state index in [1.54, 1.807) is 6.08 Å². The van der Waals surface area contributed by atoms with Crippen molar-refractivity contribution in [2.75, 3.05) is 6.79 Å². The van der Waals surface area contributed by atoms with E-state index in [2.05, 4.69) is 20.4 Å². The zero-order valence-electron chi connectivity index (χ0n) is 11.7. The van der Waals surface area contributed by atoms with Crippen LogP contribution in [0.5, 0.6) is 11.5 Å². The highest BCUT2D eigenvalue weighted by Crippen LogP contribution is 2.33. The van der Waals surface area contributed by atoms with Gasteiger partial charge in [-0.2, -0.15) is 5.10 Å². The summed E-state index contributed by atoms with van der Waals surface area (Å²) in [5, 5.41) is 14.9. The first kappa shape index (κ1) is 12.6. The van der Waals surface area contributed by atoms with Gasteiger partial charge >= 0.3 is 0 Å². The maximum atomic E-state index is 5.55. The molecule has 0 fully saturated rings. The van der Waals surface area contributed by atoms with E-state index < -0.39 is 0 Å². The Labute approximate surface area is 125 Å². The minimum absolute atomic E-state index is 0.263. The lowest BCUT2D eigenvalue weighted by atomic mass is 10.2. The summed E-state index contributed by atoms with van der Waals surface area (Å²) in [6.07, 6.45) is 3.61. The Morgan fingerprint density at radius 2 is 2.00 bits per heavy atom. The van der Waals surface area contributed by atoms with E-state index in [1.165, 1.54) is 0 Å². The number of hydrogen-bond donors (Lipinski definition) is 1. The third-order valence-electron chi connectivity index (χ3n) is 3.18. The minimum atomic E-state index is 0.263. The lowest BCUT2D eigenvalue weighted by molar-refractivity contribution is 0.174. The molecule has 0 bridgehead atoms. The highest BCUT2D eigenvalue weighted by molar-refractivity contribution is 5.68. The number of aromatic nitrogens is 4. The van der Waals surface area contributed by atoms with Gasteiger partial charge in [0.25, 0.3) is 5.89 Å². The molecule has 2 aromatic heterocycles. The quantitative estimate of drug-likeness (QED) is 0.799. The Hall–Kier alpha value is -3.09. The lowest BCUT2D eigenvalue weighted by Crippen LogP contribution is -1.92. The average Bonchev–Trinajstić information content (AvgIpc) is 3.24. The Kier molecular flexibility index (Phi) is 2.89. The van der Waals surface area contributed by atoms with Crippen LogP contribution in [0.4, 0.5) is 0 Å². The molecule has 4 rings (SSSR count). The third kappa shape index (κ3) is 2.32. The summed E-state index contributed by atoms with van der Waals surface area (Å²) < 4.78 is 16.2. The molecule has 0 aliphatic carbocycles. The molecule has 0 amide bonds. The molecule has 0 radical (unpaired) electrons. The zero-order chi connectivity index (χ0) is 14.9. The second-order valence-electron chi connectivity index (χ2n) is 4.83. The van der Waals surface area contributed by atoms with Crippen molar-refractivity contribution in [3.63, 3.8) is 0 Å². The molecule has 7 nitrogen and oxygen atoms in total. The van der Waals surface area contributed by atoms with E-state index >= 15 is 0 Å². The SMILES string of the molecule is Cc1cc(-c2nnc(/C=C/c3ccc4c(c3)OCO4)o2)n[nH]1. The van der Waals surface area contributed by atoms with Gasteiger partial charge in [-0.3, -0.25) is 5.10 Å². The molecule has 0 saturated heterocycles. The maximum absolute atomic E-state index is 5.55. The molecule has 1 aliphatic heterocycles. The first-order chi connectivity index (χ1) is 10.8. The normalized spacial score (nSPS) is 13.1. The van der Waals surface area contributed by atoms with Crippen molar-refractivity contribution in [1.29, 1.82) is 0 Å². The number of H-pyrrole nitrogens is 1. The fraction of sp³-hybridized carbons (Fsp3) is 0.133. The lowest BCUT2D eigenvalue weighted by Gasteiger charge is -1.96. The smallest absolute Gasteiger partial charge is 0.268 e. The third-order valence-corrected chi connectivity index (χ3v) is 3.18. The Balaban J connectivity index is 1.55. The predicted octanol–water partition coefficient (Wildman–Crippen LogP) is 2.67. The topological polar surface area (TPSA) is 86.1 Å². The first-order valence-corrected chi connectivity index (χ1v) is 6.71. The number of aryl methyl sites for hydroxylation is 1. The summed E-state index contributed by atoms with van der Waals surface area (Å²) >= 11 is 0. The highest BCUT2D eigenvalue weighted by Gasteiger charge is 2.13. The minimum Gasteiger partial charge on any atom is -0.454 e. The van der Waals surface area contributed by atoms with Gasteiger partial charge < -0.3 is 13.9 Å². The van der Waals surface area contributed by atoms with Crippen molar-refractivity contribution in [2.45, 2.75) is 6.92 Å². The molecule has 0 unspecified atom stereocenters. The molecule has 1 aromatic carbocycles. The number of hydrogen-bond acceptors (Lipinski definition) is 6. The van der Waals surface area contributed by atoms with Gasteiger partial charge in [0.2, 0.25) is 12.7 Å². The number of fused-ring (bicyclic) bond motifs is 1. The molecular weight excluding hydrogens is 284 g/mol. The summed E-state index contributed by atoms with van der Waals surface area (Å²) in [4.78, 5) is 0. The highest BCUT2D eigenvalue weighted by atomic mass is 16.7. The van der Waals surface area contributed by atoms with Gasteiger partial charge in [0.15, 0.2) is 11.5 Å². The molecule has 3 heterocycles. The monoisotopic (exact) mass is 296 g/mol. The van der Waals surface area contributed by atoms with E-state index in [9.17, 15) is 0 Å². The molecule has 1 aliphatic rings. The Morgan fingerprint density at radius 3 is 2.86 bits per heavy atom. The molecule has 0 atom stereocenters. The fourth-order valence-corrected chi connectivity index (χ4v) is 2.12. The van der Waals surface area contributed by atoms with Crippen molar-refractivity contribution >= 4 is 12.2 Å². The van der Waals surface area contributed by atoms with Gasteiger partial charge in [-0.25, -0.2) is 0 Å². The summed E-state index contributed by atoms with van der Waals surface area (Å²) in [6.45, 7) is 2.17. The van der Waals surface area contributed by atoms with Crippen LogP contribution in [0, 0.1) is 6.92 Å². The molecule has 0 saturated carbocycles. The molecule has 110 valence electrons. The van der Waals surface area contributed by atoms with Gasteiger partial charge in [0, 0.05) is 11.8 Å². The van der Waals surface area contributed by atoms with E-state index in [0.29, 0.717) is 17.5 Å². The standard InChI is InChI=1S/C15H12N4O3/c1-9-6-11(17-16-9)15-19-18-14(22-15)5-3-10-2-4-12-13(7-10)21-8-20-12/h2-7H,8H2,1H3,(H,16,17)/b5-3+. The predicted molar refractivity (Wildman–Crippen MR) is 78.1 cm³/mol. The van der Waals surface area contributed by atoms with Crippen LogP contribution in [0.25, 0.3) is 23.7 Å². The van der Waals surface area contributed by atoms with E-state index in [4.69, 9.17) is 13.9 Å². The summed E-state index contributed by atoms with van der Waals surface area (Å²) in [5.41, 5.74) is 2.53. The van der Waals surface area contributed by atoms with Gasteiger partial charge in [0.05, 0.1) is 0 Å². The van der Waals surface area contributed by atoms with Crippen molar-refractivity contribution in [3.05, 3.63) is 41.4 Å². The van der Waals surface area contributed by atoms with E-state index in [-0.39, 0.29) is 6.79 Å². The molecule has 7 heteroatoms. The average molecular weight is 296 g/mol. The van der Waals surface area contributed by atoms with Crippen LogP contribution >= 0.6 is 0 Å². The Morgan fingerprint density at radius 1 is 1.09 bits per heavy atom. The molecule has 3 aromatic rings. The fourth-order valence-electron chi connectivity index (χ4n) is 2.12. The number of rotatable bonds is 3. The van der Waals surface area contributed by atoms with E-state index in [0.717, 1.165) is 22.8 Å². The van der Waals surface area contributed by atoms with Crippen LogP contribution in [0.3, 0.4) is 0 Å². The number of nitrogens with zero attached hydrogens (tertiary/aromatic N) is 3. The van der Waals surface area contributed by atoms with Crippen molar-refractivity contribution in [1.82, 2.24) is 20.4 Å². The van der Waals surface area contributed by atoms with Crippen LogP contribution in [-0.2, 0) is 0 Å².